The first-order valence-electron chi connectivity index (χ1n) is 8.65. The summed E-state index contributed by atoms with van der Waals surface area (Å²) in [5, 5.41) is 5.60. The van der Waals surface area contributed by atoms with E-state index in [0.717, 1.165) is 4.90 Å². The quantitative estimate of drug-likeness (QED) is 0.666. The van der Waals surface area contributed by atoms with E-state index in [9.17, 15) is 14.4 Å². The number of nitrogens with zero attached hydrogens (tertiary/aromatic N) is 1. The molecule has 0 saturated heterocycles. The van der Waals surface area contributed by atoms with Crippen LogP contribution in [0, 0.1) is 0 Å². The first kappa shape index (κ1) is 18.9. The predicted molar refractivity (Wildman–Crippen MR) is 96.6 cm³/mol. The number of carbonyl (C=O) groups is 3. The smallest absolute Gasteiger partial charge is 0.283 e. The lowest BCUT2D eigenvalue weighted by Gasteiger charge is -2.42. The molecule has 0 aromatic heterocycles. The van der Waals surface area contributed by atoms with Gasteiger partial charge in [0.15, 0.2) is 13.1 Å². The fourth-order valence-corrected chi connectivity index (χ4v) is 2.99. The third kappa shape index (κ3) is 3.99. The van der Waals surface area contributed by atoms with E-state index in [-0.39, 0.29) is 30.8 Å². The lowest BCUT2D eigenvalue weighted by molar-refractivity contribution is -0.881. The molecule has 3 N–H and O–H groups in total. The topological polar surface area (TPSA) is 82.9 Å². The Hall–Kier alpha value is -2.41. The monoisotopic (exact) mass is 347 g/mol. The van der Waals surface area contributed by atoms with E-state index < -0.39 is 5.54 Å². The van der Waals surface area contributed by atoms with Gasteiger partial charge < -0.3 is 15.5 Å². The summed E-state index contributed by atoms with van der Waals surface area (Å²) in [6.45, 7) is 8.85. The molecule has 1 aliphatic rings. The zero-order valence-electron chi connectivity index (χ0n) is 15.3. The number of hydrogen-bond donors (Lipinski definition) is 3. The second-order valence-electron chi connectivity index (χ2n) is 6.67. The first-order valence-corrected chi connectivity index (χ1v) is 8.65. The van der Waals surface area contributed by atoms with Gasteiger partial charge in [-0.1, -0.05) is 12.1 Å². The van der Waals surface area contributed by atoms with Gasteiger partial charge in [-0.15, -0.1) is 0 Å². The molecule has 2 rings (SSSR count). The summed E-state index contributed by atoms with van der Waals surface area (Å²) < 4.78 is 0. The Bertz CT molecular complexity index is 672. The van der Waals surface area contributed by atoms with E-state index in [0.29, 0.717) is 24.5 Å². The van der Waals surface area contributed by atoms with E-state index in [1.165, 1.54) is 0 Å². The molecule has 7 heteroatoms. The van der Waals surface area contributed by atoms with Gasteiger partial charge in [0, 0.05) is 6.54 Å². The fraction of sp³-hybridized carbons (Fsp3) is 0.500. The van der Waals surface area contributed by atoms with Gasteiger partial charge >= 0.3 is 0 Å². The maximum Gasteiger partial charge on any atom is 0.283 e. The van der Waals surface area contributed by atoms with Crippen LogP contribution < -0.4 is 20.4 Å². The first-order chi connectivity index (χ1) is 11.8. The van der Waals surface area contributed by atoms with Gasteiger partial charge in [0.05, 0.1) is 17.9 Å². The number of rotatable bonds is 6. The standard InChI is InChI=1S/C18H26N4O3/c1-5-19-15(23)11-21(6-2)12-16(24)22-14-10-8-7-9-13(14)20-17(25)18(22,3)4/h7-10H,5-6,11-12H2,1-4H3,(H,19,23)(H,20,25)/p+1. The number of hydrogen-bond acceptors (Lipinski definition) is 3. The van der Waals surface area contributed by atoms with Crippen molar-refractivity contribution in [1.82, 2.24) is 5.32 Å². The molecule has 0 radical (unpaired) electrons. The van der Waals surface area contributed by atoms with Crippen LogP contribution in [-0.4, -0.2) is 49.4 Å². The van der Waals surface area contributed by atoms with Gasteiger partial charge in [0.25, 0.3) is 11.8 Å². The molecule has 1 aromatic rings. The van der Waals surface area contributed by atoms with Crippen LogP contribution in [-0.2, 0) is 14.4 Å². The number of nitrogens with one attached hydrogen (secondary N) is 3. The summed E-state index contributed by atoms with van der Waals surface area (Å²) in [6.07, 6.45) is 0. The number of benzene rings is 1. The van der Waals surface area contributed by atoms with Crippen molar-refractivity contribution in [2.75, 3.05) is 36.4 Å². The van der Waals surface area contributed by atoms with E-state index in [1.54, 1.807) is 24.8 Å². The molecule has 25 heavy (non-hydrogen) atoms. The number of amides is 3. The fourth-order valence-electron chi connectivity index (χ4n) is 2.99. The Morgan fingerprint density at radius 3 is 2.52 bits per heavy atom. The van der Waals surface area contributed by atoms with Crippen molar-refractivity contribution in [2.24, 2.45) is 0 Å². The Morgan fingerprint density at radius 1 is 1.20 bits per heavy atom. The summed E-state index contributed by atoms with van der Waals surface area (Å²) in [7, 11) is 0. The van der Waals surface area contributed by atoms with E-state index in [4.69, 9.17) is 0 Å². The average Bonchev–Trinajstić information content (AvgIpc) is 2.55. The number of anilines is 2. The normalized spacial score (nSPS) is 16.6. The summed E-state index contributed by atoms with van der Waals surface area (Å²) in [6, 6.07) is 7.26. The number of fused-ring (bicyclic) bond motifs is 1. The molecule has 0 fully saturated rings. The lowest BCUT2D eigenvalue weighted by Crippen LogP contribution is -3.14. The van der Waals surface area contributed by atoms with E-state index in [1.807, 2.05) is 32.0 Å². The molecule has 1 heterocycles. The number of carbonyl (C=O) groups excluding carboxylic acids is 3. The second-order valence-corrected chi connectivity index (χ2v) is 6.67. The van der Waals surface area contributed by atoms with Crippen molar-refractivity contribution in [3.05, 3.63) is 24.3 Å². The molecule has 1 unspecified atom stereocenters. The highest BCUT2D eigenvalue weighted by molar-refractivity contribution is 6.14. The van der Waals surface area contributed by atoms with Crippen molar-refractivity contribution < 1.29 is 19.3 Å². The van der Waals surface area contributed by atoms with Gasteiger partial charge in [0.2, 0.25) is 5.91 Å². The Morgan fingerprint density at radius 2 is 1.88 bits per heavy atom. The van der Waals surface area contributed by atoms with Crippen LogP contribution in [0.2, 0.25) is 0 Å². The Kier molecular flexibility index (Phi) is 5.79. The van der Waals surface area contributed by atoms with Gasteiger partial charge in [-0.25, -0.2) is 0 Å². The molecular weight excluding hydrogens is 320 g/mol. The highest BCUT2D eigenvalue weighted by Crippen LogP contribution is 2.36. The summed E-state index contributed by atoms with van der Waals surface area (Å²) in [5.74, 6) is -0.474. The van der Waals surface area contributed by atoms with Gasteiger partial charge in [-0.2, -0.15) is 0 Å². The van der Waals surface area contributed by atoms with Crippen LogP contribution in [0.5, 0.6) is 0 Å². The second kappa shape index (κ2) is 7.65. The zero-order chi connectivity index (χ0) is 18.6. The molecule has 1 aliphatic heterocycles. The molecule has 0 spiro atoms. The Labute approximate surface area is 148 Å². The molecule has 0 aliphatic carbocycles. The van der Waals surface area contributed by atoms with Crippen molar-refractivity contribution in [3.8, 4) is 0 Å². The van der Waals surface area contributed by atoms with E-state index in [2.05, 4.69) is 10.6 Å². The maximum atomic E-state index is 13.0. The highest BCUT2D eigenvalue weighted by atomic mass is 16.2. The van der Waals surface area contributed by atoms with E-state index >= 15 is 0 Å². The molecule has 0 bridgehead atoms. The summed E-state index contributed by atoms with van der Waals surface area (Å²) in [5.41, 5.74) is 0.322. The number of quaternary nitrogens is 1. The molecule has 1 atom stereocenters. The van der Waals surface area contributed by atoms with Crippen LogP contribution in [0.15, 0.2) is 24.3 Å². The SMILES string of the molecule is CCNC(=O)C[NH+](CC)CC(=O)N1c2ccccc2NC(=O)C1(C)C. The van der Waals surface area contributed by atoms with Crippen LogP contribution in [0.4, 0.5) is 11.4 Å². The van der Waals surface area contributed by atoms with Crippen LogP contribution in [0.1, 0.15) is 27.7 Å². The van der Waals surface area contributed by atoms with Crippen molar-refractivity contribution in [3.63, 3.8) is 0 Å². The third-order valence-corrected chi connectivity index (χ3v) is 4.44. The van der Waals surface area contributed by atoms with Crippen molar-refractivity contribution >= 4 is 29.1 Å². The largest absolute Gasteiger partial charge is 0.351 e. The minimum atomic E-state index is -0.990. The molecule has 7 nitrogen and oxygen atoms in total. The van der Waals surface area contributed by atoms with Crippen molar-refractivity contribution in [1.29, 1.82) is 0 Å². The lowest BCUT2D eigenvalue weighted by atomic mass is 9.96. The van der Waals surface area contributed by atoms with Crippen LogP contribution >= 0.6 is 0 Å². The van der Waals surface area contributed by atoms with Gasteiger partial charge in [0.1, 0.15) is 5.54 Å². The summed E-state index contributed by atoms with van der Waals surface area (Å²) in [4.78, 5) is 39.7. The molecule has 3 amide bonds. The average molecular weight is 347 g/mol. The Balaban J connectivity index is 2.24. The minimum absolute atomic E-state index is 0.0804. The van der Waals surface area contributed by atoms with Crippen LogP contribution in [0.3, 0.4) is 0 Å². The molecular formula is C18H27N4O3+. The zero-order valence-corrected chi connectivity index (χ0v) is 15.3. The van der Waals surface area contributed by atoms with Gasteiger partial charge in [-0.05, 0) is 39.8 Å². The molecule has 1 aromatic carbocycles. The summed E-state index contributed by atoms with van der Waals surface area (Å²) >= 11 is 0. The number of para-hydroxylation sites is 2. The maximum absolute atomic E-state index is 13.0. The predicted octanol–water partition coefficient (Wildman–Crippen LogP) is -0.209. The highest BCUT2D eigenvalue weighted by Gasteiger charge is 2.44. The number of likely N-dealkylation sites (N-methyl/N-ethyl adjacent to an activating group) is 2. The van der Waals surface area contributed by atoms with Crippen LogP contribution in [0.25, 0.3) is 0 Å². The molecule has 0 saturated carbocycles. The van der Waals surface area contributed by atoms with Crippen molar-refractivity contribution in [2.45, 2.75) is 33.2 Å². The minimum Gasteiger partial charge on any atom is -0.351 e. The third-order valence-electron chi connectivity index (χ3n) is 4.44. The molecule has 136 valence electrons. The van der Waals surface area contributed by atoms with Gasteiger partial charge in [-0.3, -0.25) is 19.3 Å².